The molecule has 0 fully saturated rings. The highest BCUT2D eigenvalue weighted by Crippen LogP contribution is 2.29. The predicted octanol–water partition coefficient (Wildman–Crippen LogP) is 1.19. The summed E-state index contributed by atoms with van der Waals surface area (Å²) in [7, 11) is 3.16. The van der Waals surface area contributed by atoms with Crippen molar-refractivity contribution in [3.8, 4) is 17.1 Å². The SMILES string of the molecule is COc1ncccc1-c1c(C(=O)O)cnn1C. The van der Waals surface area contributed by atoms with Crippen LogP contribution in [0.1, 0.15) is 10.4 Å². The fourth-order valence-electron chi connectivity index (χ4n) is 1.65. The molecule has 88 valence electrons. The number of carbonyl (C=O) groups is 1. The molecular weight excluding hydrogens is 222 g/mol. The lowest BCUT2D eigenvalue weighted by molar-refractivity contribution is 0.0697. The summed E-state index contributed by atoms with van der Waals surface area (Å²) in [4.78, 5) is 15.1. The van der Waals surface area contributed by atoms with Gasteiger partial charge in [0.1, 0.15) is 5.56 Å². The molecule has 0 aliphatic heterocycles. The Bertz CT molecular complexity index is 563. The molecule has 6 nitrogen and oxygen atoms in total. The number of aromatic carboxylic acids is 1. The third-order valence-electron chi connectivity index (χ3n) is 2.39. The van der Waals surface area contributed by atoms with Crippen LogP contribution in [0, 0.1) is 0 Å². The van der Waals surface area contributed by atoms with E-state index in [0.29, 0.717) is 17.1 Å². The van der Waals surface area contributed by atoms with E-state index in [4.69, 9.17) is 9.84 Å². The van der Waals surface area contributed by atoms with E-state index >= 15 is 0 Å². The van der Waals surface area contributed by atoms with Crippen molar-refractivity contribution in [2.75, 3.05) is 7.11 Å². The predicted molar refractivity (Wildman–Crippen MR) is 60.0 cm³/mol. The van der Waals surface area contributed by atoms with Crippen LogP contribution in [-0.4, -0.2) is 33.0 Å². The topological polar surface area (TPSA) is 77.2 Å². The first kappa shape index (κ1) is 11.1. The van der Waals surface area contributed by atoms with Gasteiger partial charge >= 0.3 is 5.97 Å². The highest BCUT2D eigenvalue weighted by molar-refractivity contribution is 5.95. The van der Waals surface area contributed by atoms with Crippen molar-refractivity contribution in [1.82, 2.24) is 14.8 Å². The van der Waals surface area contributed by atoms with Gasteiger partial charge in [-0.05, 0) is 12.1 Å². The van der Waals surface area contributed by atoms with Crippen molar-refractivity contribution in [2.24, 2.45) is 7.05 Å². The Morgan fingerprint density at radius 1 is 1.53 bits per heavy atom. The van der Waals surface area contributed by atoms with Gasteiger partial charge < -0.3 is 9.84 Å². The zero-order chi connectivity index (χ0) is 12.4. The van der Waals surface area contributed by atoms with Gasteiger partial charge in [-0.1, -0.05) is 0 Å². The standard InChI is InChI=1S/C11H11N3O3/c1-14-9(8(6-13-14)11(15)16)7-4-3-5-12-10(7)17-2/h3-6H,1-2H3,(H,15,16). The number of rotatable bonds is 3. The summed E-state index contributed by atoms with van der Waals surface area (Å²) >= 11 is 0. The monoisotopic (exact) mass is 233 g/mol. The average molecular weight is 233 g/mol. The third kappa shape index (κ3) is 1.84. The maximum Gasteiger partial charge on any atom is 0.339 e. The van der Waals surface area contributed by atoms with Crippen LogP contribution in [0.15, 0.2) is 24.5 Å². The minimum atomic E-state index is -1.03. The molecule has 0 atom stereocenters. The summed E-state index contributed by atoms with van der Waals surface area (Å²) in [6, 6.07) is 3.46. The molecule has 2 heterocycles. The zero-order valence-corrected chi connectivity index (χ0v) is 9.41. The fourth-order valence-corrected chi connectivity index (χ4v) is 1.65. The van der Waals surface area contributed by atoms with Gasteiger partial charge in [0.2, 0.25) is 5.88 Å². The molecule has 0 unspecified atom stereocenters. The van der Waals surface area contributed by atoms with E-state index in [1.54, 1.807) is 25.4 Å². The summed E-state index contributed by atoms with van der Waals surface area (Å²) in [5.41, 5.74) is 1.20. The second-order valence-corrected chi connectivity index (χ2v) is 3.40. The van der Waals surface area contributed by atoms with Crippen LogP contribution in [0.4, 0.5) is 0 Å². The Morgan fingerprint density at radius 2 is 2.29 bits per heavy atom. The Balaban J connectivity index is 2.67. The zero-order valence-electron chi connectivity index (χ0n) is 9.41. The highest BCUT2D eigenvalue weighted by Gasteiger charge is 2.19. The van der Waals surface area contributed by atoms with Gasteiger partial charge in [-0.25, -0.2) is 9.78 Å². The number of hydrogen-bond acceptors (Lipinski definition) is 4. The Kier molecular flexibility index (Phi) is 2.78. The van der Waals surface area contributed by atoms with Crippen molar-refractivity contribution in [2.45, 2.75) is 0 Å². The summed E-state index contributed by atoms with van der Waals surface area (Å²) in [6.07, 6.45) is 2.89. The first-order valence-electron chi connectivity index (χ1n) is 4.89. The molecule has 6 heteroatoms. The number of nitrogens with zero attached hydrogens (tertiary/aromatic N) is 3. The Morgan fingerprint density at radius 3 is 2.94 bits per heavy atom. The van der Waals surface area contributed by atoms with Crippen molar-refractivity contribution >= 4 is 5.97 Å². The van der Waals surface area contributed by atoms with Crippen molar-refractivity contribution in [1.29, 1.82) is 0 Å². The molecule has 0 spiro atoms. The van der Waals surface area contributed by atoms with Crippen LogP contribution in [0.2, 0.25) is 0 Å². The van der Waals surface area contributed by atoms with E-state index in [2.05, 4.69) is 10.1 Å². The lowest BCUT2D eigenvalue weighted by Crippen LogP contribution is -2.02. The quantitative estimate of drug-likeness (QED) is 0.861. The molecule has 0 bridgehead atoms. The van der Waals surface area contributed by atoms with E-state index < -0.39 is 5.97 Å². The van der Waals surface area contributed by atoms with Crippen molar-refractivity contribution < 1.29 is 14.6 Å². The van der Waals surface area contributed by atoms with Crippen molar-refractivity contribution in [3.05, 3.63) is 30.1 Å². The van der Waals surface area contributed by atoms with Crippen molar-refractivity contribution in [3.63, 3.8) is 0 Å². The maximum atomic E-state index is 11.1. The molecule has 1 N–H and O–H groups in total. The van der Waals surface area contributed by atoms with E-state index in [1.165, 1.54) is 18.0 Å². The van der Waals surface area contributed by atoms with Crippen LogP contribution < -0.4 is 4.74 Å². The smallest absolute Gasteiger partial charge is 0.339 e. The maximum absolute atomic E-state index is 11.1. The van der Waals surface area contributed by atoms with Gasteiger partial charge in [0.15, 0.2) is 0 Å². The molecule has 0 saturated heterocycles. The Labute approximate surface area is 97.5 Å². The third-order valence-corrected chi connectivity index (χ3v) is 2.39. The highest BCUT2D eigenvalue weighted by atomic mass is 16.5. The first-order chi connectivity index (χ1) is 8.15. The molecule has 17 heavy (non-hydrogen) atoms. The largest absolute Gasteiger partial charge is 0.481 e. The van der Waals surface area contributed by atoms with E-state index in [9.17, 15) is 4.79 Å². The molecule has 0 aliphatic carbocycles. The van der Waals surface area contributed by atoms with Gasteiger partial charge in [0.25, 0.3) is 0 Å². The van der Waals surface area contributed by atoms with Gasteiger partial charge in [-0.3, -0.25) is 4.68 Å². The number of pyridine rings is 1. The summed E-state index contributed by atoms with van der Waals surface area (Å²) in [5, 5.41) is 13.0. The summed E-state index contributed by atoms with van der Waals surface area (Å²) in [5.74, 6) is -0.655. The molecule has 2 aromatic rings. The number of methoxy groups -OCH3 is 1. The minimum Gasteiger partial charge on any atom is -0.481 e. The van der Waals surface area contributed by atoms with Crippen LogP contribution in [0.25, 0.3) is 11.3 Å². The molecule has 2 aromatic heterocycles. The van der Waals surface area contributed by atoms with Gasteiger partial charge in [-0.2, -0.15) is 5.10 Å². The number of hydrogen-bond donors (Lipinski definition) is 1. The lowest BCUT2D eigenvalue weighted by atomic mass is 10.1. The number of carboxylic acid groups (broad SMARTS) is 1. The summed E-state index contributed by atoms with van der Waals surface area (Å²) < 4.78 is 6.60. The molecule has 0 amide bonds. The normalized spacial score (nSPS) is 10.2. The lowest BCUT2D eigenvalue weighted by Gasteiger charge is -2.08. The molecular formula is C11H11N3O3. The van der Waals surface area contributed by atoms with Gasteiger partial charge in [-0.15, -0.1) is 0 Å². The van der Waals surface area contributed by atoms with E-state index in [1.807, 2.05) is 0 Å². The van der Waals surface area contributed by atoms with Crippen LogP contribution in [0.3, 0.4) is 0 Å². The number of aryl methyl sites for hydroxylation is 1. The van der Waals surface area contributed by atoms with Gasteiger partial charge in [0, 0.05) is 13.2 Å². The average Bonchev–Trinajstić information content (AvgIpc) is 2.71. The number of aromatic nitrogens is 3. The molecule has 0 aromatic carbocycles. The summed E-state index contributed by atoms with van der Waals surface area (Å²) in [6.45, 7) is 0. The second-order valence-electron chi connectivity index (χ2n) is 3.40. The molecule has 0 saturated carbocycles. The second kappa shape index (κ2) is 4.25. The van der Waals surface area contributed by atoms with Crippen LogP contribution in [-0.2, 0) is 7.05 Å². The molecule has 0 radical (unpaired) electrons. The number of carboxylic acids is 1. The Hall–Kier alpha value is -2.37. The van der Waals surface area contributed by atoms with E-state index in [0.717, 1.165) is 0 Å². The van der Waals surface area contributed by atoms with Gasteiger partial charge in [0.05, 0.1) is 24.6 Å². The number of ether oxygens (including phenoxy) is 1. The van der Waals surface area contributed by atoms with Crippen LogP contribution in [0.5, 0.6) is 5.88 Å². The van der Waals surface area contributed by atoms with E-state index in [-0.39, 0.29) is 5.56 Å². The fraction of sp³-hybridized carbons (Fsp3) is 0.182. The molecule has 0 aliphatic rings. The molecule has 2 rings (SSSR count). The van der Waals surface area contributed by atoms with Crippen LogP contribution >= 0.6 is 0 Å². The minimum absolute atomic E-state index is 0.124. The first-order valence-corrected chi connectivity index (χ1v) is 4.89.